The molecule has 0 saturated carbocycles. The number of rotatable bonds is 3. The topological polar surface area (TPSA) is 67.2 Å². The summed E-state index contributed by atoms with van der Waals surface area (Å²) in [5.41, 5.74) is 0.981. The molecule has 0 aliphatic carbocycles. The highest BCUT2D eigenvalue weighted by molar-refractivity contribution is 7.89. The fraction of sp³-hybridized carbons (Fsp3) is 0.471. The third-order valence-corrected chi connectivity index (χ3v) is 7.06. The third kappa shape index (κ3) is 2.76. The van der Waals surface area contributed by atoms with Crippen LogP contribution in [-0.4, -0.2) is 48.7 Å². The van der Waals surface area contributed by atoms with Crippen molar-refractivity contribution in [1.29, 1.82) is 0 Å². The zero-order valence-electron chi connectivity index (χ0n) is 13.6. The second-order valence-corrected chi connectivity index (χ2v) is 8.75. The monoisotopic (exact) mass is 346 g/mol. The van der Waals surface area contributed by atoms with Crippen LogP contribution in [0.1, 0.15) is 19.3 Å². The van der Waals surface area contributed by atoms with Crippen LogP contribution >= 0.6 is 0 Å². The molecule has 1 atom stereocenters. The maximum absolute atomic E-state index is 13.0. The quantitative estimate of drug-likeness (QED) is 0.917. The normalized spacial score (nSPS) is 25.3. The third-order valence-electron chi connectivity index (χ3n) is 5.20. The van der Waals surface area contributed by atoms with Gasteiger partial charge < -0.3 is 5.32 Å². The Balaban J connectivity index is 1.58. The van der Waals surface area contributed by atoms with Gasteiger partial charge in [-0.1, -0.05) is 0 Å². The summed E-state index contributed by atoms with van der Waals surface area (Å²) in [4.78, 5) is 0.362. The first-order valence-electron chi connectivity index (χ1n) is 8.40. The maximum Gasteiger partial charge on any atom is 0.243 e. The SMILES string of the molecule is O=S(=O)(c1ccc(-n2cccn2)cc1)N1CCCC2(CCNC2)C1. The highest BCUT2D eigenvalue weighted by atomic mass is 32.2. The largest absolute Gasteiger partial charge is 0.316 e. The van der Waals surface area contributed by atoms with Crippen molar-refractivity contribution in [2.75, 3.05) is 26.2 Å². The number of nitrogens with one attached hydrogen (secondary N) is 1. The molecule has 1 aromatic carbocycles. The first kappa shape index (κ1) is 15.8. The van der Waals surface area contributed by atoms with E-state index in [0.717, 1.165) is 38.0 Å². The van der Waals surface area contributed by atoms with E-state index in [-0.39, 0.29) is 5.41 Å². The van der Waals surface area contributed by atoms with Crippen LogP contribution in [0.25, 0.3) is 5.69 Å². The molecule has 4 rings (SSSR count). The van der Waals surface area contributed by atoms with Gasteiger partial charge in [0.05, 0.1) is 10.6 Å². The van der Waals surface area contributed by atoms with Gasteiger partial charge in [0, 0.05) is 32.0 Å². The summed E-state index contributed by atoms with van der Waals surface area (Å²) in [6.07, 6.45) is 6.66. The number of nitrogens with zero attached hydrogens (tertiary/aromatic N) is 3. The van der Waals surface area contributed by atoms with E-state index in [1.807, 2.05) is 12.3 Å². The van der Waals surface area contributed by atoms with E-state index < -0.39 is 10.0 Å². The van der Waals surface area contributed by atoms with Gasteiger partial charge >= 0.3 is 0 Å². The van der Waals surface area contributed by atoms with Gasteiger partial charge in [-0.05, 0) is 61.6 Å². The van der Waals surface area contributed by atoms with Crippen molar-refractivity contribution in [3.05, 3.63) is 42.7 Å². The van der Waals surface area contributed by atoms with E-state index in [9.17, 15) is 8.42 Å². The van der Waals surface area contributed by atoms with Crippen molar-refractivity contribution in [3.63, 3.8) is 0 Å². The standard InChI is InChI=1S/C17H22N4O2S/c22-24(23,20-11-1-7-17(14-20)8-10-18-13-17)16-5-3-15(4-6-16)21-12-2-9-19-21/h2-6,9,12,18H,1,7-8,10-11,13-14H2. The lowest BCUT2D eigenvalue weighted by molar-refractivity contribution is 0.166. The fourth-order valence-corrected chi connectivity index (χ4v) is 5.44. The Bertz CT molecular complexity index is 794. The van der Waals surface area contributed by atoms with Crippen LogP contribution < -0.4 is 5.32 Å². The molecule has 128 valence electrons. The molecule has 2 fully saturated rings. The van der Waals surface area contributed by atoms with Gasteiger partial charge in [0.25, 0.3) is 0 Å². The molecule has 2 saturated heterocycles. The summed E-state index contributed by atoms with van der Waals surface area (Å²) < 4.78 is 29.4. The van der Waals surface area contributed by atoms with Crippen LogP contribution in [0, 0.1) is 5.41 Å². The Morgan fingerprint density at radius 2 is 2.00 bits per heavy atom. The van der Waals surface area contributed by atoms with Gasteiger partial charge in [-0.3, -0.25) is 0 Å². The Hall–Kier alpha value is -1.70. The molecule has 1 unspecified atom stereocenters. The zero-order chi connectivity index (χ0) is 16.6. The summed E-state index contributed by atoms with van der Waals surface area (Å²) in [5, 5.41) is 7.55. The molecule has 0 radical (unpaired) electrons. The molecule has 1 aromatic heterocycles. The lowest BCUT2D eigenvalue weighted by Crippen LogP contribution is -2.47. The number of hydrogen-bond acceptors (Lipinski definition) is 4. The van der Waals surface area contributed by atoms with Crippen LogP contribution in [0.4, 0.5) is 0 Å². The predicted molar refractivity (Wildman–Crippen MR) is 91.5 cm³/mol. The minimum atomic E-state index is -3.44. The number of sulfonamides is 1. The van der Waals surface area contributed by atoms with E-state index in [1.54, 1.807) is 39.4 Å². The first-order chi connectivity index (χ1) is 11.6. The first-order valence-corrected chi connectivity index (χ1v) is 9.84. The van der Waals surface area contributed by atoms with Gasteiger partial charge in [0.1, 0.15) is 0 Å². The molecule has 1 spiro atoms. The van der Waals surface area contributed by atoms with Crippen molar-refractivity contribution in [1.82, 2.24) is 19.4 Å². The molecule has 0 amide bonds. The lowest BCUT2D eigenvalue weighted by atomic mass is 9.80. The average Bonchev–Trinajstić information content (AvgIpc) is 3.28. The molecule has 6 nitrogen and oxygen atoms in total. The summed E-state index contributed by atoms with van der Waals surface area (Å²) in [6.45, 7) is 3.16. The Morgan fingerprint density at radius 1 is 1.17 bits per heavy atom. The Labute approximate surface area is 142 Å². The van der Waals surface area contributed by atoms with Crippen molar-refractivity contribution >= 4 is 10.0 Å². The number of benzene rings is 1. The molecule has 0 bridgehead atoms. The summed E-state index contributed by atoms with van der Waals surface area (Å²) in [6, 6.07) is 8.81. The van der Waals surface area contributed by atoms with Crippen LogP contribution in [-0.2, 0) is 10.0 Å². The second kappa shape index (κ2) is 5.98. The maximum atomic E-state index is 13.0. The molecule has 24 heavy (non-hydrogen) atoms. The van der Waals surface area contributed by atoms with Crippen LogP contribution in [0.15, 0.2) is 47.6 Å². The summed E-state index contributed by atoms with van der Waals surface area (Å²) in [5.74, 6) is 0. The second-order valence-electron chi connectivity index (χ2n) is 6.81. The van der Waals surface area contributed by atoms with E-state index in [0.29, 0.717) is 18.0 Å². The molecule has 3 heterocycles. The van der Waals surface area contributed by atoms with Crippen LogP contribution in [0.3, 0.4) is 0 Å². The average molecular weight is 346 g/mol. The van der Waals surface area contributed by atoms with Gasteiger partial charge in [0.2, 0.25) is 10.0 Å². The Morgan fingerprint density at radius 3 is 2.67 bits per heavy atom. The van der Waals surface area contributed by atoms with Crippen molar-refractivity contribution in [2.45, 2.75) is 24.2 Å². The van der Waals surface area contributed by atoms with Gasteiger partial charge in [-0.2, -0.15) is 9.40 Å². The van der Waals surface area contributed by atoms with Gasteiger partial charge in [-0.15, -0.1) is 0 Å². The molecule has 2 aromatic rings. The Kier molecular flexibility index (Phi) is 3.94. The number of piperidine rings is 1. The van der Waals surface area contributed by atoms with E-state index in [4.69, 9.17) is 0 Å². The fourth-order valence-electron chi connectivity index (χ4n) is 3.85. The van der Waals surface area contributed by atoms with Crippen LogP contribution in [0.5, 0.6) is 0 Å². The highest BCUT2D eigenvalue weighted by Gasteiger charge is 2.41. The minimum absolute atomic E-state index is 0.125. The van der Waals surface area contributed by atoms with Crippen molar-refractivity contribution < 1.29 is 8.42 Å². The van der Waals surface area contributed by atoms with Crippen molar-refractivity contribution in [3.8, 4) is 5.69 Å². The molecule has 2 aliphatic heterocycles. The molecule has 2 aliphatic rings. The summed E-state index contributed by atoms with van der Waals surface area (Å²) >= 11 is 0. The summed E-state index contributed by atoms with van der Waals surface area (Å²) in [7, 11) is -3.44. The van der Waals surface area contributed by atoms with E-state index in [2.05, 4.69) is 10.4 Å². The molecular weight excluding hydrogens is 324 g/mol. The smallest absolute Gasteiger partial charge is 0.243 e. The van der Waals surface area contributed by atoms with E-state index in [1.165, 1.54) is 0 Å². The lowest BCUT2D eigenvalue weighted by Gasteiger charge is -2.39. The van der Waals surface area contributed by atoms with Gasteiger partial charge in [-0.25, -0.2) is 13.1 Å². The highest BCUT2D eigenvalue weighted by Crippen LogP contribution is 2.37. The van der Waals surface area contributed by atoms with Crippen LogP contribution in [0.2, 0.25) is 0 Å². The minimum Gasteiger partial charge on any atom is -0.316 e. The number of hydrogen-bond donors (Lipinski definition) is 1. The molecule has 1 N–H and O–H groups in total. The predicted octanol–water partition coefficient (Wildman–Crippen LogP) is 1.64. The van der Waals surface area contributed by atoms with Gasteiger partial charge in [0.15, 0.2) is 0 Å². The van der Waals surface area contributed by atoms with E-state index >= 15 is 0 Å². The molecule has 7 heteroatoms. The van der Waals surface area contributed by atoms with Crippen molar-refractivity contribution in [2.24, 2.45) is 5.41 Å². The molecular formula is C17H22N4O2S. The zero-order valence-corrected chi connectivity index (χ0v) is 14.4. The number of aromatic nitrogens is 2.